The van der Waals surface area contributed by atoms with Crippen molar-refractivity contribution in [3.05, 3.63) is 23.2 Å². The van der Waals surface area contributed by atoms with Crippen molar-refractivity contribution in [1.82, 2.24) is 0 Å². The maximum absolute atomic E-state index is 11.0. The van der Waals surface area contributed by atoms with Crippen molar-refractivity contribution in [2.24, 2.45) is 0 Å². The maximum atomic E-state index is 11.0. The molecule has 1 aromatic heterocycles. The van der Waals surface area contributed by atoms with E-state index in [1.165, 1.54) is 22.1 Å². The lowest BCUT2D eigenvalue weighted by Crippen LogP contribution is -2.33. The number of fused-ring (bicyclic) bond motifs is 1. The molecule has 0 atom stereocenters. The number of carbonyl (C=O) groups is 1. The van der Waals surface area contributed by atoms with Gasteiger partial charge in [0.05, 0.1) is 0 Å². The normalized spacial score (nSPS) is 10.7. The van der Waals surface area contributed by atoms with Crippen molar-refractivity contribution < 1.29 is 9.36 Å². The van der Waals surface area contributed by atoms with Crippen LogP contribution in [-0.2, 0) is 11.3 Å². The Morgan fingerprint density at radius 2 is 2.25 bits per heavy atom. The zero-order valence-corrected chi connectivity index (χ0v) is 10.5. The standard InChI is InChI=1S/C12H14N2OS/c1-4-14-9(3)16-12-6-5-10(7-11(12)14)13-8(2)15/h5-7H,4H2,1-3H3/p+1. The molecule has 2 aromatic rings. The van der Waals surface area contributed by atoms with Crippen LogP contribution in [0.25, 0.3) is 10.2 Å². The molecule has 0 saturated carbocycles. The predicted molar refractivity (Wildman–Crippen MR) is 66.7 cm³/mol. The van der Waals surface area contributed by atoms with Gasteiger partial charge in [-0.3, -0.25) is 4.79 Å². The average molecular weight is 235 g/mol. The smallest absolute Gasteiger partial charge is 0.235 e. The molecule has 1 N–H and O–H groups in total. The number of nitrogens with zero attached hydrogens (tertiary/aromatic N) is 1. The Kier molecular flexibility index (Phi) is 2.92. The number of aromatic nitrogens is 1. The molecule has 0 aliphatic heterocycles. The largest absolute Gasteiger partial charge is 0.326 e. The zero-order valence-electron chi connectivity index (χ0n) is 9.70. The third kappa shape index (κ3) is 1.93. The first kappa shape index (κ1) is 11.1. The molecule has 2 rings (SSSR count). The molecule has 0 spiro atoms. The van der Waals surface area contributed by atoms with E-state index in [1.807, 2.05) is 12.1 Å². The summed E-state index contributed by atoms with van der Waals surface area (Å²) in [7, 11) is 0. The van der Waals surface area contributed by atoms with Gasteiger partial charge in [0.2, 0.25) is 16.4 Å². The molecular weight excluding hydrogens is 220 g/mol. The quantitative estimate of drug-likeness (QED) is 0.797. The minimum atomic E-state index is -0.0330. The fraction of sp³-hybridized carbons (Fsp3) is 0.333. The lowest BCUT2D eigenvalue weighted by Gasteiger charge is -1.99. The van der Waals surface area contributed by atoms with Crippen LogP contribution in [0, 0.1) is 6.92 Å². The summed E-state index contributed by atoms with van der Waals surface area (Å²) in [5.74, 6) is -0.0330. The molecule has 0 unspecified atom stereocenters. The molecule has 0 aliphatic carbocycles. The van der Waals surface area contributed by atoms with Crippen molar-refractivity contribution >= 4 is 33.1 Å². The fourth-order valence-corrected chi connectivity index (χ4v) is 2.94. The molecule has 1 aromatic carbocycles. The molecule has 16 heavy (non-hydrogen) atoms. The summed E-state index contributed by atoms with van der Waals surface area (Å²) in [5, 5.41) is 4.10. The second-order valence-electron chi connectivity index (χ2n) is 3.73. The minimum Gasteiger partial charge on any atom is -0.326 e. The minimum absolute atomic E-state index is 0.0330. The first-order valence-electron chi connectivity index (χ1n) is 5.32. The summed E-state index contributed by atoms with van der Waals surface area (Å²) < 4.78 is 3.51. The molecule has 3 nitrogen and oxygen atoms in total. The first-order valence-corrected chi connectivity index (χ1v) is 6.14. The van der Waals surface area contributed by atoms with E-state index in [4.69, 9.17) is 0 Å². The Morgan fingerprint density at radius 3 is 2.88 bits per heavy atom. The van der Waals surface area contributed by atoms with Crippen LogP contribution in [0.1, 0.15) is 18.9 Å². The number of amides is 1. The Hall–Kier alpha value is -1.42. The number of aryl methyl sites for hydroxylation is 2. The van der Waals surface area contributed by atoms with Crippen LogP contribution in [0.5, 0.6) is 0 Å². The van der Waals surface area contributed by atoms with Crippen LogP contribution in [-0.4, -0.2) is 5.91 Å². The van der Waals surface area contributed by atoms with Gasteiger partial charge in [-0.15, -0.1) is 0 Å². The second-order valence-corrected chi connectivity index (χ2v) is 4.96. The Bertz CT molecular complexity index is 545. The topological polar surface area (TPSA) is 33.0 Å². The number of rotatable bonds is 2. The average Bonchev–Trinajstić information content (AvgIpc) is 2.52. The summed E-state index contributed by atoms with van der Waals surface area (Å²) in [6.45, 7) is 6.72. The molecule has 84 valence electrons. The van der Waals surface area contributed by atoms with E-state index in [0.717, 1.165) is 12.2 Å². The second kappa shape index (κ2) is 4.22. The summed E-state index contributed by atoms with van der Waals surface area (Å²) in [6.07, 6.45) is 0. The molecule has 0 aliphatic rings. The van der Waals surface area contributed by atoms with Gasteiger partial charge < -0.3 is 5.32 Å². The molecule has 4 heteroatoms. The van der Waals surface area contributed by atoms with E-state index >= 15 is 0 Å². The van der Waals surface area contributed by atoms with Crippen molar-refractivity contribution in [3.63, 3.8) is 0 Å². The van der Waals surface area contributed by atoms with Crippen molar-refractivity contribution in [2.75, 3.05) is 5.32 Å². The molecule has 0 bridgehead atoms. The number of hydrogen-bond donors (Lipinski definition) is 1. The lowest BCUT2D eigenvalue weighted by atomic mass is 10.3. The Morgan fingerprint density at radius 1 is 1.50 bits per heavy atom. The van der Waals surface area contributed by atoms with Crippen molar-refractivity contribution in [3.8, 4) is 0 Å². The van der Waals surface area contributed by atoms with Gasteiger partial charge >= 0.3 is 0 Å². The third-order valence-corrected chi connectivity index (χ3v) is 3.61. The van der Waals surface area contributed by atoms with E-state index in [0.29, 0.717) is 0 Å². The van der Waals surface area contributed by atoms with E-state index in [-0.39, 0.29) is 5.91 Å². The summed E-state index contributed by atoms with van der Waals surface area (Å²) in [4.78, 5) is 11.0. The summed E-state index contributed by atoms with van der Waals surface area (Å²) in [5.41, 5.74) is 2.05. The highest BCUT2D eigenvalue weighted by Crippen LogP contribution is 2.23. The first-order chi connectivity index (χ1) is 7.61. The lowest BCUT2D eigenvalue weighted by molar-refractivity contribution is -0.669. The van der Waals surface area contributed by atoms with Gasteiger partial charge in [-0.05, 0) is 19.1 Å². The van der Waals surface area contributed by atoms with E-state index in [2.05, 4.69) is 29.8 Å². The van der Waals surface area contributed by atoms with Crippen LogP contribution >= 0.6 is 11.3 Å². The monoisotopic (exact) mass is 235 g/mol. The number of thiazole rings is 1. The van der Waals surface area contributed by atoms with Crippen molar-refractivity contribution in [1.29, 1.82) is 0 Å². The number of carbonyl (C=O) groups excluding carboxylic acids is 1. The highest BCUT2D eigenvalue weighted by atomic mass is 32.1. The van der Waals surface area contributed by atoms with Gasteiger partial charge in [0, 0.05) is 25.6 Å². The zero-order chi connectivity index (χ0) is 11.7. The van der Waals surface area contributed by atoms with Gasteiger partial charge in [-0.25, -0.2) is 0 Å². The van der Waals surface area contributed by atoms with Gasteiger partial charge in [-0.1, -0.05) is 11.3 Å². The van der Waals surface area contributed by atoms with Crippen LogP contribution in [0.3, 0.4) is 0 Å². The number of benzene rings is 1. The molecule has 0 radical (unpaired) electrons. The molecule has 1 amide bonds. The van der Waals surface area contributed by atoms with Crippen LogP contribution in [0.2, 0.25) is 0 Å². The van der Waals surface area contributed by atoms with E-state index in [1.54, 1.807) is 11.3 Å². The van der Waals surface area contributed by atoms with E-state index < -0.39 is 0 Å². The van der Waals surface area contributed by atoms with Crippen LogP contribution < -0.4 is 9.88 Å². The number of nitrogens with one attached hydrogen (secondary N) is 1. The highest BCUT2D eigenvalue weighted by molar-refractivity contribution is 7.18. The van der Waals surface area contributed by atoms with Gasteiger partial charge in [0.1, 0.15) is 11.2 Å². The number of hydrogen-bond acceptors (Lipinski definition) is 2. The fourth-order valence-electron chi connectivity index (χ4n) is 1.87. The van der Waals surface area contributed by atoms with Crippen LogP contribution in [0.4, 0.5) is 5.69 Å². The number of anilines is 1. The molecule has 1 heterocycles. The molecule has 0 fully saturated rings. The SMILES string of the molecule is CC[n+]1c(C)sc2ccc(NC(C)=O)cc21. The Balaban J connectivity index is 2.54. The van der Waals surface area contributed by atoms with Gasteiger partial charge in [-0.2, -0.15) is 4.57 Å². The van der Waals surface area contributed by atoms with Gasteiger partial charge in [0.25, 0.3) is 0 Å². The summed E-state index contributed by atoms with van der Waals surface area (Å²) >= 11 is 1.78. The van der Waals surface area contributed by atoms with Crippen LogP contribution in [0.15, 0.2) is 18.2 Å². The summed E-state index contributed by atoms with van der Waals surface area (Å²) in [6, 6.07) is 6.04. The van der Waals surface area contributed by atoms with E-state index in [9.17, 15) is 4.79 Å². The molecular formula is C12H15N2OS+. The predicted octanol–water partition coefficient (Wildman–Crippen LogP) is 2.48. The third-order valence-electron chi connectivity index (χ3n) is 2.52. The maximum Gasteiger partial charge on any atom is 0.235 e. The Labute approximate surface area is 98.7 Å². The van der Waals surface area contributed by atoms with Crippen molar-refractivity contribution in [2.45, 2.75) is 27.3 Å². The highest BCUT2D eigenvalue weighted by Gasteiger charge is 2.15. The van der Waals surface area contributed by atoms with Gasteiger partial charge in [0.15, 0.2) is 0 Å². The molecule has 0 saturated heterocycles.